The van der Waals surface area contributed by atoms with Crippen LogP contribution < -0.4 is 0 Å². The Morgan fingerprint density at radius 3 is 2.20 bits per heavy atom. The summed E-state index contributed by atoms with van der Waals surface area (Å²) in [5.74, 6) is 0. The lowest BCUT2D eigenvalue weighted by Gasteiger charge is -2.19. The second-order valence-electron chi connectivity index (χ2n) is 5.19. The fourth-order valence-corrected chi connectivity index (χ4v) is 1.94. The van der Waals surface area contributed by atoms with Crippen LogP contribution in [-0.2, 0) is 11.0 Å². The Kier molecular flexibility index (Phi) is 2.97. The topological polar surface area (TPSA) is 41.6 Å². The fourth-order valence-electron chi connectivity index (χ4n) is 1.18. The van der Waals surface area contributed by atoms with E-state index in [4.69, 9.17) is 5.26 Å². The van der Waals surface area contributed by atoms with Gasteiger partial charge in [0.25, 0.3) is 0 Å². The largest absolute Gasteiger partial charge is 0.266 e. The quantitative estimate of drug-likeness (QED) is 0.786. The van der Waals surface area contributed by atoms with Gasteiger partial charge in [-0.15, -0.1) is 0 Å². The van der Waals surface area contributed by atoms with Crippen LogP contribution in [0.3, 0.4) is 0 Å². The average Bonchev–Trinajstić information content (AvgIpc) is 2.47. The summed E-state index contributed by atoms with van der Waals surface area (Å²) in [5.41, 5.74) is 0.356. The number of rotatable bonds is 1. The molecule has 0 aliphatic heterocycles. The highest BCUT2D eigenvalue weighted by atomic mass is 79.9. The smallest absolute Gasteiger partial charge is 0.132 e. The van der Waals surface area contributed by atoms with E-state index in [0.29, 0.717) is 0 Å². The predicted molar refractivity (Wildman–Crippen MR) is 63.6 cm³/mol. The van der Waals surface area contributed by atoms with E-state index in [-0.39, 0.29) is 5.54 Å². The van der Waals surface area contributed by atoms with E-state index in [1.165, 1.54) is 0 Å². The highest BCUT2D eigenvalue weighted by Crippen LogP contribution is 2.30. The van der Waals surface area contributed by atoms with E-state index >= 15 is 0 Å². The molecular formula is C11H16BrN3. The van der Waals surface area contributed by atoms with Crippen LogP contribution in [0.2, 0.25) is 0 Å². The Labute approximate surface area is 99.2 Å². The van der Waals surface area contributed by atoms with Crippen LogP contribution in [0, 0.1) is 11.3 Å². The Balaban J connectivity index is 3.26. The molecule has 0 saturated heterocycles. The van der Waals surface area contributed by atoms with Crippen molar-refractivity contribution in [3.8, 4) is 6.07 Å². The fraction of sp³-hybridized carbons (Fsp3) is 0.636. The Hall–Kier alpha value is -0.820. The lowest BCUT2D eigenvalue weighted by atomic mass is 9.89. The summed E-state index contributed by atoms with van der Waals surface area (Å²) in [6, 6.07) is 2.28. The van der Waals surface area contributed by atoms with E-state index in [2.05, 4.69) is 47.9 Å². The van der Waals surface area contributed by atoms with Crippen molar-refractivity contribution in [2.45, 2.75) is 45.6 Å². The first-order valence-corrected chi connectivity index (χ1v) is 5.65. The summed E-state index contributed by atoms with van der Waals surface area (Å²) >= 11 is 3.40. The molecule has 0 N–H and O–H groups in total. The summed E-state index contributed by atoms with van der Waals surface area (Å²) in [6.45, 7) is 10.0. The lowest BCUT2D eigenvalue weighted by Crippen LogP contribution is -2.22. The van der Waals surface area contributed by atoms with Crippen molar-refractivity contribution in [1.82, 2.24) is 9.78 Å². The summed E-state index contributed by atoms with van der Waals surface area (Å²) < 4.78 is 2.63. The third-order valence-corrected chi connectivity index (χ3v) is 2.90. The van der Waals surface area contributed by atoms with Gasteiger partial charge in [0.05, 0.1) is 17.0 Å². The van der Waals surface area contributed by atoms with Gasteiger partial charge in [0.1, 0.15) is 4.60 Å². The molecule has 0 unspecified atom stereocenters. The van der Waals surface area contributed by atoms with Crippen LogP contribution >= 0.6 is 15.9 Å². The van der Waals surface area contributed by atoms with E-state index < -0.39 is 5.41 Å². The molecule has 0 radical (unpaired) electrons. The van der Waals surface area contributed by atoms with Gasteiger partial charge in [-0.3, -0.25) is 4.68 Å². The highest BCUT2D eigenvalue weighted by molar-refractivity contribution is 9.10. The maximum absolute atomic E-state index is 9.08. The molecule has 1 aromatic heterocycles. The van der Waals surface area contributed by atoms with Gasteiger partial charge in [0, 0.05) is 11.8 Å². The molecule has 15 heavy (non-hydrogen) atoms. The normalized spacial score (nSPS) is 12.6. The second-order valence-corrected chi connectivity index (χ2v) is 5.94. The maximum Gasteiger partial charge on any atom is 0.132 e. The van der Waals surface area contributed by atoms with Crippen LogP contribution in [0.15, 0.2) is 10.8 Å². The summed E-state index contributed by atoms with van der Waals surface area (Å²) in [4.78, 5) is 0. The zero-order valence-corrected chi connectivity index (χ0v) is 11.4. The van der Waals surface area contributed by atoms with E-state index in [1.807, 2.05) is 24.7 Å². The van der Waals surface area contributed by atoms with Gasteiger partial charge < -0.3 is 0 Å². The monoisotopic (exact) mass is 269 g/mol. The molecule has 0 aliphatic rings. The molecule has 1 rings (SSSR count). The Morgan fingerprint density at radius 2 is 1.87 bits per heavy atom. The molecule has 0 atom stereocenters. The van der Waals surface area contributed by atoms with Gasteiger partial charge in [-0.2, -0.15) is 10.4 Å². The van der Waals surface area contributed by atoms with Crippen LogP contribution in [-0.4, -0.2) is 9.78 Å². The van der Waals surface area contributed by atoms with Gasteiger partial charge in [0.2, 0.25) is 0 Å². The first kappa shape index (κ1) is 12.3. The maximum atomic E-state index is 9.08. The first-order chi connectivity index (χ1) is 6.68. The standard InChI is InChI=1S/C11H16BrN3/c1-10(2,3)15-6-8(9(12)14-15)11(4,5)7-13/h6H,1-5H3. The summed E-state index contributed by atoms with van der Waals surface area (Å²) in [6.07, 6.45) is 1.94. The number of halogens is 1. The Bertz CT molecular complexity index is 404. The minimum Gasteiger partial charge on any atom is -0.266 e. The van der Waals surface area contributed by atoms with E-state index in [1.54, 1.807) is 0 Å². The molecule has 0 saturated carbocycles. The molecule has 82 valence electrons. The highest BCUT2D eigenvalue weighted by Gasteiger charge is 2.27. The minimum atomic E-state index is -0.512. The molecule has 0 spiro atoms. The number of nitrogens with zero attached hydrogens (tertiary/aromatic N) is 3. The summed E-state index contributed by atoms with van der Waals surface area (Å²) in [5, 5.41) is 13.5. The molecule has 1 aromatic rings. The molecule has 1 heterocycles. The molecule has 0 fully saturated rings. The van der Waals surface area contributed by atoms with Crippen LogP contribution in [0.5, 0.6) is 0 Å². The Morgan fingerprint density at radius 1 is 1.33 bits per heavy atom. The summed E-state index contributed by atoms with van der Waals surface area (Å²) in [7, 11) is 0. The third-order valence-electron chi connectivity index (χ3n) is 2.31. The van der Waals surface area contributed by atoms with Crippen molar-refractivity contribution in [2.75, 3.05) is 0 Å². The first-order valence-electron chi connectivity index (χ1n) is 4.86. The van der Waals surface area contributed by atoms with Crippen molar-refractivity contribution >= 4 is 15.9 Å². The minimum absolute atomic E-state index is 0.0632. The van der Waals surface area contributed by atoms with Crippen molar-refractivity contribution < 1.29 is 0 Å². The molecule has 0 bridgehead atoms. The average molecular weight is 270 g/mol. The van der Waals surface area contributed by atoms with Crippen LogP contribution in [0.4, 0.5) is 0 Å². The van der Waals surface area contributed by atoms with Gasteiger partial charge in [-0.1, -0.05) is 0 Å². The molecule has 3 nitrogen and oxygen atoms in total. The SMILES string of the molecule is CC(C)(C#N)c1cn(C(C)(C)C)nc1Br. The number of hydrogen-bond acceptors (Lipinski definition) is 2. The molecule has 0 amide bonds. The van der Waals surface area contributed by atoms with Crippen molar-refractivity contribution in [2.24, 2.45) is 0 Å². The molecule has 0 aliphatic carbocycles. The zero-order chi connectivity index (χ0) is 11.9. The third kappa shape index (κ3) is 2.40. The predicted octanol–water partition coefficient (Wildman–Crippen LogP) is 3.20. The van der Waals surface area contributed by atoms with Gasteiger partial charge in [0.15, 0.2) is 0 Å². The van der Waals surface area contributed by atoms with Crippen molar-refractivity contribution in [3.63, 3.8) is 0 Å². The zero-order valence-electron chi connectivity index (χ0n) is 9.80. The second kappa shape index (κ2) is 3.64. The molecular weight excluding hydrogens is 254 g/mol. The lowest BCUT2D eigenvalue weighted by molar-refractivity contribution is 0.354. The number of hydrogen-bond donors (Lipinski definition) is 0. The molecule has 0 aromatic carbocycles. The van der Waals surface area contributed by atoms with Gasteiger partial charge >= 0.3 is 0 Å². The van der Waals surface area contributed by atoms with Gasteiger partial charge in [-0.25, -0.2) is 0 Å². The van der Waals surface area contributed by atoms with Crippen molar-refractivity contribution in [1.29, 1.82) is 5.26 Å². The number of nitriles is 1. The molecule has 4 heteroatoms. The number of aromatic nitrogens is 2. The van der Waals surface area contributed by atoms with Gasteiger partial charge in [-0.05, 0) is 50.5 Å². The van der Waals surface area contributed by atoms with E-state index in [9.17, 15) is 0 Å². The van der Waals surface area contributed by atoms with E-state index in [0.717, 1.165) is 10.2 Å². The van der Waals surface area contributed by atoms with Crippen LogP contribution in [0.25, 0.3) is 0 Å². The van der Waals surface area contributed by atoms with Crippen molar-refractivity contribution in [3.05, 3.63) is 16.4 Å². The van der Waals surface area contributed by atoms with Crippen LogP contribution in [0.1, 0.15) is 40.2 Å².